The van der Waals surface area contributed by atoms with Gasteiger partial charge in [0.05, 0.1) is 0 Å². The maximum absolute atomic E-state index is 2.42. The molecule has 0 radical (unpaired) electrons. The summed E-state index contributed by atoms with van der Waals surface area (Å²) < 4.78 is 1.62. The van der Waals surface area contributed by atoms with Gasteiger partial charge in [0.2, 0.25) is 0 Å². The van der Waals surface area contributed by atoms with Gasteiger partial charge in [-0.15, -0.1) is 0 Å². The molecule has 2 aliphatic carbocycles. The summed E-state index contributed by atoms with van der Waals surface area (Å²) >= 11 is 1.58. The minimum absolute atomic E-state index is 0. The Balaban J connectivity index is 0.00000128. The van der Waals surface area contributed by atoms with Gasteiger partial charge >= 0.3 is 108 Å². The van der Waals surface area contributed by atoms with Gasteiger partial charge in [0.25, 0.3) is 0 Å². The van der Waals surface area contributed by atoms with Gasteiger partial charge in [0, 0.05) is 0 Å². The molecule has 0 aromatic carbocycles. The van der Waals surface area contributed by atoms with Crippen LogP contribution in [0, 0.1) is 0 Å². The second-order valence-electron chi connectivity index (χ2n) is 4.26. The first-order valence-corrected chi connectivity index (χ1v) is 7.05. The third-order valence-electron chi connectivity index (χ3n) is 3.04. The molecule has 17 heavy (non-hydrogen) atoms. The Bertz CT molecular complexity index is 376. The van der Waals surface area contributed by atoms with Gasteiger partial charge < -0.3 is 24.8 Å². The van der Waals surface area contributed by atoms with E-state index >= 15 is 0 Å². The molecule has 0 bridgehead atoms. The average Bonchev–Trinajstić information content (AvgIpc) is 2.83. The molecule has 0 aromatic rings. The maximum Gasteiger partial charge on any atom is -1.00 e. The molecule has 0 heterocycles. The van der Waals surface area contributed by atoms with Crippen molar-refractivity contribution < 1.29 is 49.5 Å². The Morgan fingerprint density at radius 3 is 2.59 bits per heavy atom. The van der Waals surface area contributed by atoms with Crippen molar-refractivity contribution >= 4 is 0 Å². The van der Waals surface area contributed by atoms with Crippen LogP contribution in [0.1, 0.15) is 39.0 Å². The van der Waals surface area contributed by atoms with Gasteiger partial charge in [-0.25, -0.2) is 0 Å². The van der Waals surface area contributed by atoms with E-state index in [1.165, 1.54) is 31.3 Å². The third-order valence-corrected chi connectivity index (χ3v) is 4.20. The van der Waals surface area contributed by atoms with Crippen LogP contribution in [0.3, 0.4) is 0 Å². The summed E-state index contributed by atoms with van der Waals surface area (Å²) in [5, 5.41) is 0. The zero-order valence-electron chi connectivity index (χ0n) is 10.1. The first kappa shape index (κ1) is 17.4. The number of hydrogen-bond donors (Lipinski definition) is 0. The van der Waals surface area contributed by atoms with Crippen molar-refractivity contribution in [2.24, 2.45) is 0 Å². The molecule has 0 saturated heterocycles. The molecule has 0 aromatic heterocycles. The van der Waals surface area contributed by atoms with Gasteiger partial charge in [-0.2, -0.15) is 0 Å². The molecule has 0 aliphatic heterocycles. The van der Waals surface area contributed by atoms with Gasteiger partial charge in [0.15, 0.2) is 0 Å². The molecule has 0 N–H and O–H groups in total. The van der Waals surface area contributed by atoms with E-state index in [0.29, 0.717) is 0 Å². The summed E-state index contributed by atoms with van der Waals surface area (Å²) in [5.74, 6) is 0. The largest absolute Gasteiger partial charge is 1.00 e. The summed E-state index contributed by atoms with van der Waals surface area (Å²) in [4.78, 5) is 0. The second kappa shape index (κ2) is 8.51. The molecule has 0 spiro atoms. The molecule has 0 saturated carbocycles. The van der Waals surface area contributed by atoms with Crippen LogP contribution in [0.5, 0.6) is 0 Å². The SMILES string of the molecule is CCCCC1=CCC(C2=[C]([Zr+2])CC=C2)=C1.[Cl-].[Cl-]. The molecule has 91 valence electrons. The van der Waals surface area contributed by atoms with E-state index in [9.17, 15) is 0 Å². The Morgan fingerprint density at radius 2 is 2.00 bits per heavy atom. The molecule has 0 amide bonds. The Hall–Kier alpha value is 0.423. The van der Waals surface area contributed by atoms with Crippen LogP contribution in [0.25, 0.3) is 0 Å². The summed E-state index contributed by atoms with van der Waals surface area (Å²) in [6.07, 6.45) is 15.7. The monoisotopic (exact) mass is 345 g/mol. The van der Waals surface area contributed by atoms with E-state index in [0.717, 1.165) is 6.42 Å². The maximum atomic E-state index is 2.42. The smallest absolute Gasteiger partial charge is 1.00 e. The predicted molar refractivity (Wildman–Crippen MR) is 61.1 cm³/mol. The molecule has 2 aliphatic rings. The third kappa shape index (κ3) is 4.54. The van der Waals surface area contributed by atoms with Crippen molar-refractivity contribution in [2.45, 2.75) is 39.0 Å². The molecule has 0 atom stereocenters. The summed E-state index contributed by atoms with van der Waals surface area (Å²) in [6.45, 7) is 2.26. The summed E-state index contributed by atoms with van der Waals surface area (Å²) in [6, 6.07) is 0. The van der Waals surface area contributed by atoms with Gasteiger partial charge in [-0.05, 0) is 0 Å². The number of rotatable bonds is 4. The van der Waals surface area contributed by atoms with E-state index in [2.05, 4.69) is 31.2 Å². The van der Waals surface area contributed by atoms with Crippen LogP contribution >= 0.6 is 0 Å². The molecular weight excluding hydrogens is 330 g/mol. The zero-order chi connectivity index (χ0) is 10.7. The number of unbranched alkanes of at least 4 members (excludes halogenated alkanes) is 1. The average molecular weight is 347 g/mol. The number of hydrogen-bond acceptors (Lipinski definition) is 0. The van der Waals surface area contributed by atoms with Crippen LogP contribution in [-0.4, -0.2) is 0 Å². The topological polar surface area (TPSA) is 0 Å². The summed E-state index contributed by atoms with van der Waals surface area (Å²) in [5.41, 5.74) is 4.65. The van der Waals surface area contributed by atoms with Crippen molar-refractivity contribution in [3.05, 3.63) is 44.3 Å². The first-order valence-electron chi connectivity index (χ1n) is 5.82. The fourth-order valence-corrected chi connectivity index (χ4v) is 3.02. The molecule has 0 fully saturated rings. The fraction of sp³-hybridized carbons (Fsp3) is 0.429. The minimum atomic E-state index is 0. The molecule has 3 heteroatoms. The van der Waals surface area contributed by atoms with Gasteiger partial charge in [-0.3, -0.25) is 0 Å². The van der Waals surface area contributed by atoms with Gasteiger partial charge in [-0.1, -0.05) is 0 Å². The quantitative estimate of drug-likeness (QED) is 0.563. The van der Waals surface area contributed by atoms with E-state index in [-0.39, 0.29) is 24.8 Å². The van der Waals surface area contributed by atoms with Crippen molar-refractivity contribution in [1.82, 2.24) is 0 Å². The zero-order valence-corrected chi connectivity index (χ0v) is 14.1. The number of halogens is 2. The van der Waals surface area contributed by atoms with Crippen molar-refractivity contribution in [2.75, 3.05) is 0 Å². The van der Waals surface area contributed by atoms with Crippen LogP contribution in [-0.2, 0) is 24.7 Å². The fourth-order valence-electron chi connectivity index (χ4n) is 2.13. The van der Waals surface area contributed by atoms with Crippen LogP contribution in [0.2, 0.25) is 0 Å². The van der Waals surface area contributed by atoms with E-state index in [1.807, 2.05) is 0 Å². The minimum Gasteiger partial charge on any atom is -1.00 e. The van der Waals surface area contributed by atoms with Crippen molar-refractivity contribution in [3.8, 4) is 0 Å². The molecule has 0 nitrogen and oxygen atoms in total. The van der Waals surface area contributed by atoms with E-state index in [1.54, 1.807) is 39.1 Å². The van der Waals surface area contributed by atoms with Crippen LogP contribution < -0.4 is 24.8 Å². The molecule has 0 unspecified atom stereocenters. The first-order chi connectivity index (χ1) is 7.31. The van der Waals surface area contributed by atoms with E-state index in [4.69, 9.17) is 0 Å². The van der Waals surface area contributed by atoms with Crippen molar-refractivity contribution in [1.29, 1.82) is 0 Å². The predicted octanol–water partition coefficient (Wildman–Crippen LogP) is -1.80. The standard InChI is InChI=1S/C14H17.2ClH.Zr/c1-2-3-6-12-9-10-14(11-12)13-7-4-5-8-13;;;/h4,7,9,11H,2-3,5-6,10H2,1H3;2*1H;/q;;;+2/p-2. The normalized spacial score (nSPS) is 17.6. The van der Waals surface area contributed by atoms with Crippen LogP contribution in [0.15, 0.2) is 44.3 Å². The molecular formula is C14H17Cl2Zr. The van der Waals surface area contributed by atoms with Crippen molar-refractivity contribution in [3.63, 3.8) is 0 Å². The van der Waals surface area contributed by atoms with Crippen LogP contribution in [0.4, 0.5) is 0 Å². The van der Waals surface area contributed by atoms with E-state index < -0.39 is 0 Å². The Morgan fingerprint density at radius 1 is 1.24 bits per heavy atom. The Kier molecular flexibility index (Phi) is 8.72. The summed E-state index contributed by atoms with van der Waals surface area (Å²) in [7, 11) is 0. The molecule has 2 rings (SSSR count). The Labute approximate surface area is 132 Å². The van der Waals surface area contributed by atoms with Gasteiger partial charge in [0.1, 0.15) is 0 Å². The number of allylic oxidation sites excluding steroid dienone is 8. The second-order valence-corrected chi connectivity index (χ2v) is 5.74.